The summed E-state index contributed by atoms with van der Waals surface area (Å²) < 4.78 is 22.7. The van der Waals surface area contributed by atoms with Crippen LogP contribution in [0, 0.1) is 11.7 Å². The molecule has 3 aromatic rings. The van der Waals surface area contributed by atoms with Crippen molar-refractivity contribution in [3.05, 3.63) is 65.2 Å². The lowest BCUT2D eigenvalue weighted by Gasteiger charge is -2.47. The molecule has 43 heavy (non-hydrogen) atoms. The molecule has 0 spiro atoms. The van der Waals surface area contributed by atoms with Gasteiger partial charge in [-0.05, 0) is 87.0 Å². The van der Waals surface area contributed by atoms with Crippen LogP contribution in [0.4, 0.5) is 9.18 Å². The molecule has 1 aliphatic rings. The zero-order chi connectivity index (χ0) is 29.4. The molecular formula is C34H51Cl2FN4O2. The maximum atomic E-state index is 14.1. The average molecular weight is 638 g/mol. The van der Waals surface area contributed by atoms with Crippen molar-refractivity contribution in [3.8, 4) is 0 Å². The number of aryl methyl sites for hydroxylation is 3. The Bertz CT molecular complexity index is 1300. The van der Waals surface area contributed by atoms with Crippen molar-refractivity contribution in [1.29, 1.82) is 0 Å². The molecular weight excluding hydrogens is 586 g/mol. The fraction of sp³-hybridized carbons (Fsp3) is 0.588. The number of benzene rings is 2. The van der Waals surface area contributed by atoms with E-state index in [1.54, 1.807) is 12.1 Å². The van der Waals surface area contributed by atoms with Gasteiger partial charge in [-0.3, -0.25) is 0 Å². The zero-order valence-electron chi connectivity index (χ0n) is 26.5. The fourth-order valence-electron chi connectivity index (χ4n) is 6.63. The van der Waals surface area contributed by atoms with E-state index in [0.717, 1.165) is 80.5 Å². The highest BCUT2D eigenvalue weighted by Crippen LogP contribution is 2.48. The number of aromatic nitrogens is 2. The highest BCUT2D eigenvalue weighted by Gasteiger charge is 2.47. The first-order chi connectivity index (χ1) is 19.7. The summed E-state index contributed by atoms with van der Waals surface area (Å²) in [5.74, 6) is 1.21. The second-order valence-electron chi connectivity index (χ2n) is 12.2. The van der Waals surface area contributed by atoms with Crippen molar-refractivity contribution in [2.45, 2.75) is 90.1 Å². The smallest absolute Gasteiger partial charge is 0.407 e. The van der Waals surface area contributed by atoms with Crippen LogP contribution in [-0.4, -0.2) is 52.8 Å². The van der Waals surface area contributed by atoms with Crippen LogP contribution in [0.5, 0.6) is 0 Å². The first-order valence-electron chi connectivity index (χ1n) is 15.6. The first kappa shape index (κ1) is 36.8. The zero-order valence-corrected chi connectivity index (χ0v) is 28.2. The Labute approximate surface area is 270 Å². The van der Waals surface area contributed by atoms with Crippen molar-refractivity contribution >= 4 is 41.9 Å². The number of rotatable bonds is 14. The molecule has 1 aliphatic carbocycles. The molecule has 6 nitrogen and oxygen atoms in total. The van der Waals surface area contributed by atoms with Gasteiger partial charge in [-0.25, -0.2) is 14.2 Å². The van der Waals surface area contributed by atoms with E-state index in [9.17, 15) is 9.18 Å². The van der Waals surface area contributed by atoms with Gasteiger partial charge in [-0.15, -0.1) is 24.8 Å². The minimum absolute atomic E-state index is 0. The SMILES string of the molecule is CCCCNC(=O)O[C@]1(CCN(C)CCCCCc2nc3ccccc3n2C)CCc2cc(F)ccc2[C@@H]1C(C)C.Cl.Cl. The molecule has 4 rings (SSSR count). The number of imidazole rings is 1. The lowest BCUT2D eigenvalue weighted by molar-refractivity contribution is -0.0442. The highest BCUT2D eigenvalue weighted by molar-refractivity contribution is 5.85. The van der Waals surface area contributed by atoms with Crippen LogP contribution in [0.2, 0.25) is 0 Å². The molecule has 9 heteroatoms. The first-order valence-corrected chi connectivity index (χ1v) is 15.6. The third-order valence-corrected chi connectivity index (χ3v) is 8.82. The number of alkyl carbamates (subject to hydrolysis) is 1. The number of hydrogen-bond donors (Lipinski definition) is 1. The number of fused-ring (bicyclic) bond motifs is 2. The van der Waals surface area contributed by atoms with Crippen molar-refractivity contribution in [1.82, 2.24) is 19.8 Å². The van der Waals surface area contributed by atoms with E-state index in [4.69, 9.17) is 9.72 Å². The number of carbonyl (C=O) groups excluding carboxylic acids is 1. The lowest BCUT2D eigenvalue weighted by Crippen LogP contribution is -2.50. The van der Waals surface area contributed by atoms with E-state index >= 15 is 0 Å². The van der Waals surface area contributed by atoms with Crippen LogP contribution in [0.1, 0.15) is 88.6 Å². The maximum Gasteiger partial charge on any atom is 0.407 e. The topological polar surface area (TPSA) is 59.4 Å². The second-order valence-corrected chi connectivity index (χ2v) is 12.2. The largest absolute Gasteiger partial charge is 0.442 e. The number of amides is 1. The Kier molecular flexibility index (Phi) is 14.8. The molecule has 0 radical (unpaired) electrons. The summed E-state index contributed by atoms with van der Waals surface area (Å²) >= 11 is 0. The number of halogens is 3. The number of carbonyl (C=O) groups is 1. The van der Waals surface area contributed by atoms with Crippen molar-refractivity contribution in [2.24, 2.45) is 13.0 Å². The third kappa shape index (κ3) is 9.32. The van der Waals surface area contributed by atoms with E-state index in [1.165, 1.54) is 5.52 Å². The Morgan fingerprint density at radius 2 is 1.91 bits per heavy atom. The van der Waals surface area contributed by atoms with Crippen LogP contribution in [0.3, 0.4) is 0 Å². The Balaban J connectivity index is 0.00000323. The normalized spacial score (nSPS) is 17.8. The number of unbranched alkanes of at least 4 members (excludes halogenated alkanes) is 3. The van der Waals surface area contributed by atoms with Gasteiger partial charge < -0.3 is 19.5 Å². The monoisotopic (exact) mass is 636 g/mol. The predicted molar refractivity (Wildman–Crippen MR) is 179 cm³/mol. The van der Waals surface area contributed by atoms with Crippen molar-refractivity contribution < 1.29 is 13.9 Å². The summed E-state index contributed by atoms with van der Waals surface area (Å²) in [6.07, 6.45) is 8.13. The fourth-order valence-corrected chi connectivity index (χ4v) is 6.63. The molecule has 1 heterocycles. The predicted octanol–water partition coefficient (Wildman–Crippen LogP) is 8.24. The van der Waals surface area contributed by atoms with E-state index in [1.807, 2.05) is 12.1 Å². The Morgan fingerprint density at radius 3 is 2.63 bits per heavy atom. The van der Waals surface area contributed by atoms with Gasteiger partial charge >= 0.3 is 6.09 Å². The van der Waals surface area contributed by atoms with Crippen LogP contribution < -0.4 is 5.32 Å². The molecule has 0 unspecified atom stereocenters. The molecule has 1 aromatic heterocycles. The molecule has 0 aliphatic heterocycles. The summed E-state index contributed by atoms with van der Waals surface area (Å²) in [6, 6.07) is 13.4. The van der Waals surface area contributed by atoms with Gasteiger partial charge in [0.2, 0.25) is 0 Å². The van der Waals surface area contributed by atoms with Crippen molar-refractivity contribution in [3.63, 3.8) is 0 Å². The van der Waals surface area contributed by atoms with E-state index in [2.05, 4.69) is 67.8 Å². The summed E-state index contributed by atoms with van der Waals surface area (Å²) in [7, 11) is 4.27. The summed E-state index contributed by atoms with van der Waals surface area (Å²) in [6.45, 7) is 8.93. The number of para-hydroxylation sites is 2. The molecule has 0 saturated carbocycles. The maximum absolute atomic E-state index is 14.1. The minimum Gasteiger partial charge on any atom is -0.442 e. The van der Waals surface area contributed by atoms with Crippen LogP contribution in [-0.2, 0) is 24.6 Å². The van der Waals surface area contributed by atoms with Gasteiger partial charge in [0.25, 0.3) is 0 Å². The summed E-state index contributed by atoms with van der Waals surface area (Å²) in [5, 5.41) is 2.97. The Morgan fingerprint density at radius 1 is 1.14 bits per heavy atom. The van der Waals surface area contributed by atoms with Gasteiger partial charge in [0, 0.05) is 38.9 Å². The molecule has 1 N–H and O–H groups in total. The van der Waals surface area contributed by atoms with E-state index < -0.39 is 5.60 Å². The summed E-state index contributed by atoms with van der Waals surface area (Å²) in [4.78, 5) is 20.2. The molecule has 0 fully saturated rings. The second kappa shape index (κ2) is 17.2. The molecule has 240 valence electrons. The summed E-state index contributed by atoms with van der Waals surface area (Å²) in [5.41, 5.74) is 3.80. The highest BCUT2D eigenvalue weighted by atomic mass is 35.5. The van der Waals surface area contributed by atoms with Gasteiger partial charge in [-0.2, -0.15) is 0 Å². The van der Waals surface area contributed by atoms with E-state index in [0.29, 0.717) is 19.4 Å². The number of ether oxygens (including phenoxy) is 1. The molecule has 2 atom stereocenters. The van der Waals surface area contributed by atoms with Gasteiger partial charge in [0.1, 0.15) is 17.2 Å². The van der Waals surface area contributed by atoms with Crippen molar-refractivity contribution in [2.75, 3.05) is 26.7 Å². The van der Waals surface area contributed by atoms with Gasteiger partial charge in [-0.1, -0.05) is 51.8 Å². The standard InChI is InChI=1S/C34H49FN4O2.2ClH/c1-6-7-21-36-33(40)41-34(19-18-26-24-27(35)16-17-28(26)32(34)25(2)3)20-23-38(4)22-12-8-9-15-31-37-29-13-10-11-14-30(29)39(31)5;;/h10-11,13-14,16-17,24-25,32H,6-9,12,15,18-23H2,1-5H3,(H,36,40);2*1H/t32-,34-;;/m0../s1. The van der Waals surface area contributed by atoms with E-state index in [-0.39, 0.29) is 48.6 Å². The van der Waals surface area contributed by atoms with Crippen LogP contribution >= 0.6 is 24.8 Å². The number of hydrogen-bond acceptors (Lipinski definition) is 4. The lowest BCUT2D eigenvalue weighted by atomic mass is 9.65. The molecule has 0 saturated heterocycles. The number of nitrogens with one attached hydrogen (secondary N) is 1. The average Bonchev–Trinajstić information content (AvgIpc) is 3.27. The quantitative estimate of drug-likeness (QED) is 0.181. The van der Waals surface area contributed by atoms with Crippen LogP contribution in [0.25, 0.3) is 11.0 Å². The minimum atomic E-state index is -0.621. The third-order valence-electron chi connectivity index (χ3n) is 8.82. The Hall–Kier alpha value is -2.35. The molecule has 0 bridgehead atoms. The van der Waals surface area contributed by atoms with Gasteiger partial charge in [0.05, 0.1) is 11.0 Å². The molecule has 2 aromatic carbocycles. The van der Waals surface area contributed by atoms with Gasteiger partial charge in [0.15, 0.2) is 0 Å². The molecule has 1 amide bonds. The van der Waals surface area contributed by atoms with Crippen LogP contribution in [0.15, 0.2) is 42.5 Å². The number of nitrogens with zero attached hydrogens (tertiary/aromatic N) is 3.